The zero-order valence-electron chi connectivity index (χ0n) is 14.4. The van der Waals surface area contributed by atoms with Gasteiger partial charge in [-0.2, -0.15) is 5.26 Å². The molecular weight excluding hydrogens is 318 g/mol. The van der Waals surface area contributed by atoms with Crippen LogP contribution < -0.4 is 10.6 Å². The number of pyridine rings is 1. The fourth-order valence-corrected chi connectivity index (χ4v) is 3.11. The maximum atomic E-state index is 9.63. The largest absolute Gasteiger partial charge is 0.467 e. The van der Waals surface area contributed by atoms with Gasteiger partial charge in [0, 0.05) is 25.2 Å². The molecule has 3 N–H and O–H groups in total. The van der Waals surface area contributed by atoms with E-state index in [4.69, 9.17) is 9.52 Å². The summed E-state index contributed by atoms with van der Waals surface area (Å²) in [7, 11) is 0. The monoisotopic (exact) mass is 341 g/mol. The van der Waals surface area contributed by atoms with Gasteiger partial charge in [0.2, 0.25) is 0 Å². The second-order valence-corrected chi connectivity index (χ2v) is 5.95. The Morgan fingerprint density at radius 2 is 2.24 bits per heavy atom. The summed E-state index contributed by atoms with van der Waals surface area (Å²) in [6.45, 7) is 5.68. The summed E-state index contributed by atoms with van der Waals surface area (Å²) < 4.78 is 5.38. The van der Waals surface area contributed by atoms with E-state index in [0.717, 1.165) is 48.8 Å². The topological polar surface area (TPSA) is 97.4 Å². The normalized spacial score (nSPS) is 14.0. The molecule has 7 heteroatoms. The van der Waals surface area contributed by atoms with E-state index in [1.807, 2.05) is 12.1 Å². The zero-order chi connectivity index (χ0) is 17.6. The molecule has 0 spiro atoms. The number of hydrogen-bond donors (Lipinski definition) is 3. The molecule has 2 aromatic heterocycles. The molecule has 0 atom stereocenters. The van der Waals surface area contributed by atoms with Crippen LogP contribution in [0.3, 0.4) is 0 Å². The van der Waals surface area contributed by atoms with Gasteiger partial charge in [0.25, 0.3) is 0 Å². The molecule has 1 aliphatic rings. The SMILES string of the molecule is CCN1CCc2c(C#N)c(NCCO)nc(NCc3ccco3)c2C1. The smallest absolute Gasteiger partial charge is 0.146 e. The maximum absolute atomic E-state index is 9.63. The number of aliphatic hydroxyl groups excluding tert-OH is 1. The molecule has 0 unspecified atom stereocenters. The zero-order valence-corrected chi connectivity index (χ0v) is 14.4. The van der Waals surface area contributed by atoms with Crippen LogP contribution >= 0.6 is 0 Å². The van der Waals surface area contributed by atoms with Gasteiger partial charge in [0.1, 0.15) is 23.5 Å². The highest BCUT2D eigenvalue weighted by molar-refractivity contribution is 5.66. The van der Waals surface area contributed by atoms with E-state index in [1.165, 1.54) is 0 Å². The maximum Gasteiger partial charge on any atom is 0.146 e. The predicted octanol–water partition coefficient (Wildman–Crippen LogP) is 1.94. The molecule has 0 amide bonds. The second kappa shape index (κ2) is 8.01. The Balaban J connectivity index is 1.97. The summed E-state index contributed by atoms with van der Waals surface area (Å²) >= 11 is 0. The molecule has 0 aromatic carbocycles. The number of anilines is 2. The molecule has 7 nitrogen and oxygen atoms in total. The second-order valence-electron chi connectivity index (χ2n) is 5.95. The van der Waals surface area contributed by atoms with Crippen LogP contribution in [-0.4, -0.2) is 41.2 Å². The summed E-state index contributed by atoms with van der Waals surface area (Å²) in [5.41, 5.74) is 2.71. The Bertz CT molecular complexity index is 752. The van der Waals surface area contributed by atoms with Crippen molar-refractivity contribution < 1.29 is 9.52 Å². The first-order valence-corrected chi connectivity index (χ1v) is 8.56. The lowest BCUT2D eigenvalue weighted by Crippen LogP contribution is -2.32. The molecule has 132 valence electrons. The Labute approximate surface area is 147 Å². The molecule has 2 aromatic rings. The molecule has 1 aliphatic heterocycles. The van der Waals surface area contributed by atoms with E-state index in [-0.39, 0.29) is 6.61 Å². The number of hydrogen-bond acceptors (Lipinski definition) is 7. The fraction of sp³-hybridized carbons (Fsp3) is 0.444. The summed E-state index contributed by atoms with van der Waals surface area (Å²) in [4.78, 5) is 6.98. The Morgan fingerprint density at radius 1 is 1.36 bits per heavy atom. The van der Waals surface area contributed by atoms with E-state index >= 15 is 0 Å². The number of nitrogens with zero attached hydrogens (tertiary/aromatic N) is 3. The van der Waals surface area contributed by atoms with Crippen LogP contribution in [0.4, 0.5) is 11.6 Å². The Hall–Kier alpha value is -2.56. The number of fused-ring (bicyclic) bond motifs is 1. The van der Waals surface area contributed by atoms with Gasteiger partial charge in [-0.3, -0.25) is 4.90 Å². The molecule has 0 bridgehead atoms. The fourth-order valence-electron chi connectivity index (χ4n) is 3.11. The van der Waals surface area contributed by atoms with Crippen molar-refractivity contribution in [2.45, 2.75) is 26.4 Å². The molecule has 0 radical (unpaired) electrons. The molecule has 0 aliphatic carbocycles. The van der Waals surface area contributed by atoms with Crippen molar-refractivity contribution >= 4 is 11.6 Å². The highest BCUT2D eigenvalue weighted by Gasteiger charge is 2.25. The number of aliphatic hydroxyl groups is 1. The average Bonchev–Trinajstić information content (AvgIpc) is 3.17. The van der Waals surface area contributed by atoms with Crippen molar-refractivity contribution in [2.24, 2.45) is 0 Å². The van der Waals surface area contributed by atoms with Crippen LogP contribution in [0.1, 0.15) is 29.4 Å². The van der Waals surface area contributed by atoms with Gasteiger partial charge in [0.15, 0.2) is 0 Å². The summed E-state index contributed by atoms with van der Waals surface area (Å²) in [6.07, 6.45) is 2.46. The third kappa shape index (κ3) is 3.76. The molecule has 0 saturated heterocycles. The molecule has 0 fully saturated rings. The molecule has 3 heterocycles. The lowest BCUT2D eigenvalue weighted by molar-refractivity contribution is 0.268. The molecule has 3 rings (SSSR count). The first-order chi connectivity index (χ1) is 12.3. The van der Waals surface area contributed by atoms with Crippen molar-refractivity contribution in [3.8, 4) is 6.07 Å². The highest BCUT2D eigenvalue weighted by Crippen LogP contribution is 2.32. The van der Waals surface area contributed by atoms with Crippen LogP contribution in [0.25, 0.3) is 0 Å². The first-order valence-electron chi connectivity index (χ1n) is 8.56. The Kier molecular flexibility index (Phi) is 5.53. The van der Waals surface area contributed by atoms with Crippen molar-refractivity contribution in [3.63, 3.8) is 0 Å². The van der Waals surface area contributed by atoms with Gasteiger partial charge in [0.05, 0.1) is 25.0 Å². The van der Waals surface area contributed by atoms with Crippen molar-refractivity contribution in [1.82, 2.24) is 9.88 Å². The summed E-state index contributed by atoms with van der Waals surface area (Å²) in [5, 5.41) is 25.1. The number of likely N-dealkylation sites (N-methyl/N-ethyl adjacent to an activating group) is 1. The predicted molar refractivity (Wildman–Crippen MR) is 95.2 cm³/mol. The lowest BCUT2D eigenvalue weighted by atomic mass is 9.95. The third-order valence-electron chi connectivity index (χ3n) is 4.45. The number of nitrogens with one attached hydrogen (secondary N) is 2. The van der Waals surface area contributed by atoms with Crippen molar-refractivity contribution in [3.05, 3.63) is 40.8 Å². The first kappa shape index (κ1) is 17.3. The molecule has 25 heavy (non-hydrogen) atoms. The quantitative estimate of drug-likeness (QED) is 0.708. The van der Waals surface area contributed by atoms with Crippen molar-refractivity contribution in [1.29, 1.82) is 5.26 Å². The number of rotatable bonds is 7. The average molecular weight is 341 g/mol. The van der Waals surface area contributed by atoms with Crippen LogP contribution in [0.2, 0.25) is 0 Å². The number of aromatic nitrogens is 1. The number of furan rings is 1. The molecule has 0 saturated carbocycles. The lowest BCUT2D eigenvalue weighted by Gasteiger charge is -2.30. The van der Waals surface area contributed by atoms with Crippen molar-refractivity contribution in [2.75, 3.05) is 36.9 Å². The van der Waals surface area contributed by atoms with E-state index in [9.17, 15) is 5.26 Å². The minimum atomic E-state index is -0.0115. The van der Waals surface area contributed by atoms with Crippen LogP contribution in [-0.2, 0) is 19.5 Å². The highest BCUT2D eigenvalue weighted by atomic mass is 16.3. The van der Waals surface area contributed by atoms with E-state index in [2.05, 4.69) is 33.5 Å². The van der Waals surface area contributed by atoms with Gasteiger partial charge >= 0.3 is 0 Å². The standard InChI is InChI=1S/C18H23N5O2/c1-2-23-7-5-14-15(10-19)17(20-6-8-24)22-18(16(14)12-23)21-11-13-4-3-9-25-13/h3-4,9,24H,2,5-8,11-12H2,1H3,(H2,20,21,22). The molecular formula is C18H23N5O2. The van der Waals surface area contributed by atoms with E-state index in [1.54, 1.807) is 6.26 Å². The minimum absolute atomic E-state index is 0.0115. The minimum Gasteiger partial charge on any atom is -0.467 e. The van der Waals surface area contributed by atoms with Gasteiger partial charge in [-0.15, -0.1) is 0 Å². The van der Waals surface area contributed by atoms with Crippen LogP contribution in [0.5, 0.6) is 0 Å². The van der Waals surface area contributed by atoms with E-state index < -0.39 is 0 Å². The van der Waals surface area contributed by atoms with Gasteiger partial charge in [-0.25, -0.2) is 4.98 Å². The number of nitriles is 1. The van der Waals surface area contributed by atoms with Gasteiger partial charge < -0.3 is 20.2 Å². The third-order valence-corrected chi connectivity index (χ3v) is 4.45. The van der Waals surface area contributed by atoms with Gasteiger partial charge in [-0.05, 0) is 30.7 Å². The summed E-state index contributed by atoms with van der Waals surface area (Å²) in [5.74, 6) is 2.12. The van der Waals surface area contributed by atoms with E-state index in [0.29, 0.717) is 24.5 Å². The Morgan fingerprint density at radius 3 is 2.92 bits per heavy atom. The van der Waals surface area contributed by atoms with Crippen LogP contribution in [0, 0.1) is 11.3 Å². The summed E-state index contributed by atoms with van der Waals surface area (Å²) in [6, 6.07) is 6.05. The van der Waals surface area contributed by atoms with Gasteiger partial charge in [-0.1, -0.05) is 6.92 Å². The van der Waals surface area contributed by atoms with Crippen LogP contribution in [0.15, 0.2) is 22.8 Å².